The van der Waals surface area contributed by atoms with E-state index in [9.17, 15) is 18.0 Å². The first-order valence-electron chi connectivity index (χ1n) is 10.1. The second kappa shape index (κ2) is 9.42. The fraction of sp³-hybridized carbons (Fsp3) is 0.261. The number of aromatic nitrogens is 3. The number of rotatable bonds is 7. The van der Waals surface area contributed by atoms with Crippen LogP contribution in [0, 0.1) is 0 Å². The molecule has 0 spiro atoms. The Bertz CT molecular complexity index is 1320. The van der Waals surface area contributed by atoms with Crippen molar-refractivity contribution in [1.82, 2.24) is 14.5 Å². The number of halogens is 3. The highest BCUT2D eigenvalue weighted by molar-refractivity contribution is 7.13. The van der Waals surface area contributed by atoms with Gasteiger partial charge < -0.3 is 10.5 Å². The molecular weight excluding hydrogens is 453 g/mol. The molecule has 4 aromatic rings. The summed E-state index contributed by atoms with van der Waals surface area (Å²) in [4.78, 5) is 22.1. The van der Waals surface area contributed by atoms with Gasteiger partial charge in [0.2, 0.25) is 0 Å². The van der Waals surface area contributed by atoms with Crippen molar-refractivity contribution in [3.05, 3.63) is 81.3 Å². The summed E-state index contributed by atoms with van der Waals surface area (Å²) in [5.41, 5.74) is 8.31. The van der Waals surface area contributed by atoms with Crippen molar-refractivity contribution in [3.63, 3.8) is 0 Å². The van der Waals surface area contributed by atoms with Gasteiger partial charge >= 0.3 is 11.0 Å². The van der Waals surface area contributed by atoms with Crippen LogP contribution in [0.5, 0.6) is 0 Å². The third-order valence-corrected chi connectivity index (χ3v) is 6.24. The van der Waals surface area contributed by atoms with Crippen LogP contribution < -0.4 is 10.6 Å². The van der Waals surface area contributed by atoms with Crippen LogP contribution in [0.3, 0.4) is 0 Å². The van der Waals surface area contributed by atoms with Gasteiger partial charge in [-0.15, -0.1) is 0 Å². The largest absolute Gasteiger partial charge is 0.416 e. The van der Waals surface area contributed by atoms with Crippen molar-refractivity contribution in [1.29, 1.82) is 0 Å². The SMILES string of the molecule is COCc1c(-c2ccc3cnccc3n2)sc(=O)n1C[C@@H](N)Cc1ccc(C(F)(F)F)cc1. The van der Waals surface area contributed by atoms with Crippen LogP contribution in [0.4, 0.5) is 13.2 Å². The summed E-state index contributed by atoms with van der Waals surface area (Å²) in [6.45, 7) is 0.393. The summed E-state index contributed by atoms with van der Waals surface area (Å²) in [6, 6.07) is 9.94. The van der Waals surface area contributed by atoms with Crippen molar-refractivity contribution < 1.29 is 17.9 Å². The highest BCUT2D eigenvalue weighted by atomic mass is 32.1. The van der Waals surface area contributed by atoms with E-state index in [0.29, 0.717) is 28.2 Å². The van der Waals surface area contributed by atoms with Gasteiger partial charge in [-0.1, -0.05) is 23.5 Å². The smallest absolute Gasteiger partial charge is 0.378 e. The molecule has 0 aliphatic rings. The summed E-state index contributed by atoms with van der Waals surface area (Å²) in [5.74, 6) is 0. The number of fused-ring (bicyclic) bond motifs is 1. The van der Waals surface area contributed by atoms with Gasteiger partial charge in [-0.2, -0.15) is 13.2 Å². The number of benzene rings is 1. The Morgan fingerprint density at radius 3 is 2.61 bits per heavy atom. The summed E-state index contributed by atoms with van der Waals surface area (Å²) < 4.78 is 45.2. The number of thiazole rings is 1. The van der Waals surface area contributed by atoms with E-state index in [1.165, 1.54) is 19.2 Å². The Balaban J connectivity index is 1.59. The third-order valence-electron chi connectivity index (χ3n) is 5.20. The van der Waals surface area contributed by atoms with Crippen molar-refractivity contribution in [2.24, 2.45) is 5.73 Å². The predicted molar refractivity (Wildman–Crippen MR) is 121 cm³/mol. The van der Waals surface area contributed by atoms with Crippen LogP contribution in [0.1, 0.15) is 16.8 Å². The van der Waals surface area contributed by atoms with Gasteiger partial charge in [-0.05, 0) is 42.3 Å². The van der Waals surface area contributed by atoms with Gasteiger partial charge in [0, 0.05) is 37.5 Å². The summed E-state index contributed by atoms with van der Waals surface area (Å²) >= 11 is 1.06. The monoisotopic (exact) mass is 474 g/mol. The molecule has 0 bridgehead atoms. The Hall–Kier alpha value is -3.08. The molecule has 0 radical (unpaired) electrons. The Kier molecular flexibility index (Phi) is 6.59. The van der Waals surface area contributed by atoms with Gasteiger partial charge in [0.1, 0.15) is 0 Å². The van der Waals surface area contributed by atoms with Crippen LogP contribution in [-0.2, 0) is 30.5 Å². The van der Waals surface area contributed by atoms with E-state index in [1.54, 1.807) is 23.0 Å². The highest BCUT2D eigenvalue weighted by Crippen LogP contribution is 2.30. The molecule has 0 saturated heterocycles. The molecule has 6 nitrogen and oxygen atoms in total. The molecule has 2 N–H and O–H groups in total. The topological polar surface area (TPSA) is 83.0 Å². The number of alkyl halides is 3. The number of pyridine rings is 2. The highest BCUT2D eigenvalue weighted by Gasteiger charge is 2.30. The number of nitrogens with zero attached hydrogens (tertiary/aromatic N) is 3. The molecule has 0 amide bonds. The number of methoxy groups -OCH3 is 1. The standard InChI is InChI=1S/C23H21F3N4O2S/c1-32-13-20-21(19-7-4-15-11-28-9-8-18(15)29-19)33-22(31)30(20)12-17(27)10-14-2-5-16(6-3-14)23(24,25)26/h2-9,11,17H,10,12-13,27H2,1H3/t17-/m0/s1. The second-order valence-corrected chi connectivity index (χ2v) is 8.57. The van der Waals surface area contributed by atoms with Crippen LogP contribution in [0.15, 0.2) is 59.7 Å². The molecule has 0 saturated carbocycles. The van der Waals surface area contributed by atoms with Gasteiger partial charge in [-0.25, -0.2) is 4.98 Å². The first-order chi connectivity index (χ1) is 15.8. The summed E-state index contributed by atoms with van der Waals surface area (Å²) in [6.07, 6.45) is -0.689. The minimum absolute atomic E-state index is 0.192. The van der Waals surface area contributed by atoms with E-state index >= 15 is 0 Å². The molecule has 4 rings (SSSR count). The van der Waals surface area contributed by atoms with E-state index < -0.39 is 17.8 Å². The number of ether oxygens (including phenoxy) is 1. The lowest BCUT2D eigenvalue weighted by atomic mass is 10.0. The first kappa shape index (κ1) is 23.1. The summed E-state index contributed by atoms with van der Waals surface area (Å²) in [5, 5.41) is 0.889. The van der Waals surface area contributed by atoms with Crippen molar-refractivity contribution in [2.45, 2.75) is 31.8 Å². The Morgan fingerprint density at radius 1 is 1.15 bits per heavy atom. The fourth-order valence-corrected chi connectivity index (χ4v) is 4.60. The van der Waals surface area contributed by atoms with Crippen molar-refractivity contribution in [3.8, 4) is 10.6 Å². The second-order valence-electron chi connectivity index (χ2n) is 7.61. The number of hydrogen-bond donors (Lipinski definition) is 1. The van der Waals surface area contributed by atoms with E-state index in [4.69, 9.17) is 10.5 Å². The predicted octanol–water partition coefficient (Wildman–Crippen LogP) is 4.26. The Labute approximate surface area is 191 Å². The zero-order valence-corrected chi connectivity index (χ0v) is 18.5. The van der Waals surface area contributed by atoms with Crippen LogP contribution >= 0.6 is 11.3 Å². The van der Waals surface area contributed by atoms with Crippen LogP contribution in [0.25, 0.3) is 21.5 Å². The molecule has 3 aromatic heterocycles. The quantitative estimate of drug-likeness (QED) is 0.433. The lowest BCUT2D eigenvalue weighted by molar-refractivity contribution is -0.137. The zero-order valence-electron chi connectivity index (χ0n) is 17.7. The van der Waals surface area contributed by atoms with E-state index in [1.807, 2.05) is 12.1 Å². The number of hydrogen-bond acceptors (Lipinski definition) is 6. The van der Waals surface area contributed by atoms with Gasteiger partial charge in [0.25, 0.3) is 0 Å². The maximum absolute atomic E-state index is 12.8. The van der Waals surface area contributed by atoms with Gasteiger partial charge in [0.05, 0.1) is 34.0 Å². The zero-order chi connectivity index (χ0) is 23.6. The molecule has 10 heteroatoms. The number of nitrogens with two attached hydrogens (primary N) is 1. The van der Waals surface area contributed by atoms with E-state index in [2.05, 4.69) is 9.97 Å². The molecule has 0 unspecified atom stereocenters. The molecule has 3 heterocycles. The first-order valence-corrected chi connectivity index (χ1v) is 10.9. The lowest BCUT2D eigenvalue weighted by Gasteiger charge is -2.15. The molecule has 33 heavy (non-hydrogen) atoms. The van der Waals surface area contributed by atoms with Gasteiger partial charge in [0.15, 0.2) is 0 Å². The minimum Gasteiger partial charge on any atom is -0.378 e. The van der Waals surface area contributed by atoms with E-state index in [0.717, 1.165) is 34.4 Å². The van der Waals surface area contributed by atoms with Crippen LogP contribution in [-0.4, -0.2) is 27.7 Å². The normalized spacial score (nSPS) is 12.9. The molecule has 0 fully saturated rings. The molecular formula is C23H21F3N4O2S. The molecule has 1 aromatic carbocycles. The fourth-order valence-electron chi connectivity index (χ4n) is 3.62. The average Bonchev–Trinajstić information content (AvgIpc) is 3.08. The van der Waals surface area contributed by atoms with Crippen molar-refractivity contribution in [2.75, 3.05) is 7.11 Å². The molecule has 0 aliphatic carbocycles. The lowest BCUT2D eigenvalue weighted by Crippen LogP contribution is -2.33. The maximum Gasteiger partial charge on any atom is 0.416 e. The van der Waals surface area contributed by atoms with Crippen LogP contribution in [0.2, 0.25) is 0 Å². The summed E-state index contributed by atoms with van der Waals surface area (Å²) in [7, 11) is 1.54. The van der Waals surface area contributed by atoms with Crippen molar-refractivity contribution >= 4 is 22.2 Å². The van der Waals surface area contributed by atoms with E-state index in [-0.39, 0.29) is 18.0 Å². The van der Waals surface area contributed by atoms with Gasteiger partial charge in [-0.3, -0.25) is 14.3 Å². The maximum atomic E-state index is 12.8. The average molecular weight is 475 g/mol. The third kappa shape index (κ3) is 5.13. The Morgan fingerprint density at radius 2 is 1.91 bits per heavy atom. The molecule has 172 valence electrons. The molecule has 0 aliphatic heterocycles. The molecule has 1 atom stereocenters. The minimum atomic E-state index is -4.39.